The second-order valence-electron chi connectivity index (χ2n) is 4.09. The fraction of sp³-hybridized carbons (Fsp3) is 0.133. The van der Waals surface area contributed by atoms with E-state index in [9.17, 15) is 0 Å². The number of thiazole rings is 1. The summed E-state index contributed by atoms with van der Waals surface area (Å²) < 4.78 is 7.08. The number of ether oxygens (including phenoxy) is 1. The standard InChI is InChI=1S/C15H13NOS/c1-11(17-12-7-3-2-4-8-12)15-16-13-9-5-6-10-14(13)18-15/h2-11H,1H3/t11-/m1/s1. The van der Waals surface area contributed by atoms with E-state index >= 15 is 0 Å². The predicted octanol–water partition coefficient (Wildman–Crippen LogP) is 4.44. The summed E-state index contributed by atoms with van der Waals surface area (Å²) in [4.78, 5) is 4.60. The number of para-hydroxylation sites is 2. The van der Waals surface area contributed by atoms with Crippen LogP contribution in [0.3, 0.4) is 0 Å². The first-order chi connectivity index (χ1) is 8.83. The molecular weight excluding hydrogens is 242 g/mol. The summed E-state index contributed by atoms with van der Waals surface area (Å²) >= 11 is 1.69. The van der Waals surface area contributed by atoms with Crippen molar-refractivity contribution in [3.8, 4) is 5.75 Å². The van der Waals surface area contributed by atoms with Crippen molar-refractivity contribution in [1.29, 1.82) is 0 Å². The van der Waals surface area contributed by atoms with Gasteiger partial charge in [0.25, 0.3) is 0 Å². The average Bonchev–Trinajstić information content (AvgIpc) is 2.84. The first-order valence-electron chi connectivity index (χ1n) is 5.90. The second-order valence-corrected chi connectivity index (χ2v) is 5.16. The molecule has 1 atom stereocenters. The Balaban J connectivity index is 1.86. The Labute approximate surface area is 110 Å². The van der Waals surface area contributed by atoms with Crippen LogP contribution in [0.25, 0.3) is 10.2 Å². The minimum atomic E-state index is -0.0233. The van der Waals surface area contributed by atoms with Gasteiger partial charge in [-0.25, -0.2) is 4.98 Å². The van der Waals surface area contributed by atoms with Crippen LogP contribution >= 0.6 is 11.3 Å². The molecule has 3 rings (SSSR count). The van der Waals surface area contributed by atoms with E-state index in [1.165, 1.54) is 4.70 Å². The summed E-state index contributed by atoms with van der Waals surface area (Å²) in [6.45, 7) is 2.03. The number of hydrogen-bond acceptors (Lipinski definition) is 3. The van der Waals surface area contributed by atoms with Gasteiger partial charge in [-0.3, -0.25) is 0 Å². The molecule has 0 aliphatic rings. The molecule has 1 aromatic heterocycles. The molecular formula is C15H13NOS. The van der Waals surface area contributed by atoms with E-state index in [1.54, 1.807) is 11.3 Å². The lowest BCUT2D eigenvalue weighted by molar-refractivity contribution is 0.226. The molecule has 0 aliphatic carbocycles. The first-order valence-corrected chi connectivity index (χ1v) is 6.72. The minimum Gasteiger partial charge on any atom is -0.484 e. The smallest absolute Gasteiger partial charge is 0.147 e. The Bertz CT molecular complexity index is 615. The highest BCUT2D eigenvalue weighted by Gasteiger charge is 2.12. The third-order valence-corrected chi connectivity index (χ3v) is 3.91. The quantitative estimate of drug-likeness (QED) is 0.690. The highest BCUT2D eigenvalue weighted by Crippen LogP contribution is 2.28. The van der Waals surface area contributed by atoms with Gasteiger partial charge in [0.15, 0.2) is 0 Å². The topological polar surface area (TPSA) is 22.1 Å². The van der Waals surface area contributed by atoms with Gasteiger partial charge in [-0.1, -0.05) is 30.3 Å². The third kappa shape index (κ3) is 2.22. The van der Waals surface area contributed by atoms with Crippen molar-refractivity contribution >= 4 is 21.6 Å². The van der Waals surface area contributed by atoms with Crippen LogP contribution in [0.1, 0.15) is 18.0 Å². The lowest BCUT2D eigenvalue weighted by Gasteiger charge is -2.11. The Hall–Kier alpha value is -1.87. The molecule has 90 valence electrons. The SMILES string of the molecule is C[C@@H](Oc1ccccc1)c1nc2ccccc2s1. The maximum Gasteiger partial charge on any atom is 0.147 e. The molecule has 3 heteroatoms. The Morgan fingerprint density at radius 1 is 1.00 bits per heavy atom. The van der Waals surface area contributed by atoms with Crippen molar-refractivity contribution in [2.45, 2.75) is 13.0 Å². The third-order valence-electron chi connectivity index (χ3n) is 2.71. The highest BCUT2D eigenvalue weighted by atomic mass is 32.1. The number of aromatic nitrogens is 1. The molecule has 18 heavy (non-hydrogen) atoms. The fourth-order valence-corrected chi connectivity index (χ4v) is 2.77. The summed E-state index contributed by atoms with van der Waals surface area (Å²) in [5, 5.41) is 1.01. The maximum atomic E-state index is 5.88. The van der Waals surface area contributed by atoms with Gasteiger partial charge in [0, 0.05) is 0 Å². The maximum absolute atomic E-state index is 5.88. The van der Waals surface area contributed by atoms with Gasteiger partial charge in [-0.15, -0.1) is 11.3 Å². The van der Waals surface area contributed by atoms with Gasteiger partial charge in [0.05, 0.1) is 10.2 Å². The fourth-order valence-electron chi connectivity index (χ4n) is 1.82. The van der Waals surface area contributed by atoms with Crippen molar-refractivity contribution in [3.05, 3.63) is 59.6 Å². The molecule has 0 saturated carbocycles. The van der Waals surface area contributed by atoms with Crippen molar-refractivity contribution in [3.63, 3.8) is 0 Å². The van der Waals surface area contributed by atoms with Gasteiger partial charge >= 0.3 is 0 Å². The van der Waals surface area contributed by atoms with Crippen molar-refractivity contribution in [2.75, 3.05) is 0 Å². The molecule has 0 spiro atoms. The van der Waals surface area contributed by atoms with E-state index < -0.39 is 0 Å². The molecule has 2 aromatic carbocycles. The van der Waals surface area contributed by atoms with Crippen LogP contribution in [0.4, 0.5) is 0 Å². The molecule has 3 aromatic rings. The van der Waals surface area contributed by atoms with Gasteiger partial charge in [0.1, 0.15) is 16.9 Å². The molecule has 0 radical (unpaired) electrons. The summed E-state index contributed by atoms with van der Waals surface area (Å²) in [5.74, 6) is 0.879. The van der Waals surface area contributed by atoms with Crippen molar-refractivity contribution in [2.24, 2.45) is 0 Å². The van der Waals surface area contributed by atoms with Crippen molar-refractivity contribution < 1.29 is 4.74 Å². The predicted molar refractivity (Wildman–Crippen MR) is 75.1 cm³/mol. The molecule has 0 saturated heterocycles. The van der Waals surface area contributed by atoms with Crippen LogP contribution in [-0.4, -0.2) is 4.98 Å². The molecule has 0 fully saturated rings. The lowest BCUT2D eigenvalue weighted by Crippen LogP contribution is -2.02. The number of hydrogen-bond donors (Lipinski definition) is 0. The van der Waals surface area contributed by atoms with Crippen LogP contribution < -0.4 is 4.74 Å². The summed E-state index contributed by atoms with van der Waals surface area (Å²) in [6.07, 6.45) is -0.0233. The van der Waals surface area contributed by atoms with E-state index in [0.29, 0.717) is 0 Å². The summed E-state index contributed by atoms with van der Waals surface area (Å²) in [7, 11) is 0. The zero-order chi connectivity index (χ0) is 12.4. The number of fused-ring (bicyclic) bond motifs is 1. The van der Waals surface area contributed by atoms with Crippen LogP contribution in [0, 0.1) is 0 Å². The van der Waals surface area contributed by atoms with E-state index in [1.807, 2.05) is 55.5 Å². The van der Waals surface area contributed by atoms with E-state index in [4.69, 9.17) is 4.74 Å². The van der Waals surface area contributed by atoms with Gasteiger partial charge in [-0.05, 0) is 31.2 Å². The van der Waals surface area contributed by atoms with Gasteiger partial charge < -0.3 is 4.74 Å². The van der Waals surface area contributed by atoms with E-state index in [0.717, 1.165) is 16.3 Å². The van der Waals surface area contributed by atoms with Gasteiger partial charge in [0.2, 0.25) is 0 Å². The Morgan fingerprint density at radius 2 is 1.72 bits per heavy atom. The molecule has 0 bridgehead atoms. The van der Waals surface area contributed by atoms with Crippen LogP contribution in [-0.2, 0) is 0 Å². The normalized spacial score (nSPS) is 12.5. The molecule has 0 N–H and O–H groups in total. The second kappa shape index (κ2) is 4.78. The van der Waals surface area contributed by atoms with Crippen LogP contribution in [0.15, 0.2) is 54.6 Å². The number of nitrogens with zero attached hydrogens (tertiary/aromatic N) is 1. The van der Waals surface area contributed by atoms with E-state index in [2.05, 4.69) is 11.1 Å². The zero-order valence-corrected chi connectivity index (χ0v) is 10.9. The first kappa shape index (κ1) is 11.2. The average molecular weight is 255 g/mol. The highest BCUT2D eigenvalue weighted by molar-refractivity contribution is 7.18. The largest absolute Gasteiger partial charge is 0.484 e. The van der Waals surface area contributed by atoms with Crippen molar-refractivity contribution in [1.82, 2.24) is 4.98 Å². The summed E-state index contributed by atoms with van der Waals surface area (Å²) in [5.41, 5.74) is 1.04. The minimum absolute atomic E-state index is 0.0233. The van der Waals surface area contributed by atoms with Crippen LogP contribution in [0.5, 0.6) is 5.75 Å². The molecule has 2 nitrogen and oxygen atoms in total. The molecule has 0 amide bonds. The molecule has 0 aliphatic heterocycles. The zero-order valence-electron chi connectivity index (χ0n) is 10.0. The Kier molecular flexibility index (Phi) is 2.99. The van der Waals surface area contributed by atoms with Crippen LogP contribution in [0.2, 0.25) is 0 Å². The summed E-state index contributed by atoms with van der Waals surface area (Å²) in [6, 6.07) is 18.0. The number of benzene rings is 2. The van der Waals surface area contributed by atoms with Gasteiger partial charge in [-0.2, -0.15) is 0 Å². The van der Waals surface area contributed by atoms with E-state index in [-0.39, 0.29) is 6.10 Å². The molecule has 1 heterocycles. The lowest BCUT2D eigenvalue weighted by atomic mass is 10.3. The Morgan fingerprint density at radius 3 is 2.50 bits per heavy atom. The number of rotatable bonds is 3. The molecule has 0 unspecified atom stereocenters. The monoisotopic (exact) mass is 255 g/mol.